The van der Waals surface area contributed by atoms with Crippen LogP contribution in [0.1, 0.15) is 22.5 Å². The molecule has 0 unspecified atom stereocenters. The van der Waals surface area contributed by atoms with Crippen LogP contribution >= 0.6 is 0 Å². The maximum Gasteiger partial charge on any atom is 0.279 e. The Morgan fingerprint density at radius 2 is 2.21 bits per heavy atom. The summed E-state index contributed by atoms with van der Waals surface area (Å²) in [6, 6.07) is 0.940. The van der Waals surface area contributed by atoms with E-state index in [-0.39, 0.29) is 12.2 Å². The van der Waals surface area contributed by atoms with Crippen molar-refractivity contribution in [3.8, 4) is 5.88 Å². The van der Waals surface area contributed by atoms with E-state index in [1.165, 1.54) is 7.11 Å². The number of aldehydes is 1. The largest absolute Gasteiger partial charge is 0.482 e. The normalized spacial score (nSPS) is 10.3. The molecule has 1 rings (SSSR count). The molecule has 14 heavy (non-hydrogen) atoms. The molecular weight excluding hydrogens is 196 g/mol. The first-order valence-corrected chi connectivity index (χ1v) is 3.64. The number of ether oxygens (including phenoxy) is 1. The number of carbonyl (C=O) groups excluding carboxylic acids is 1. The highest BCUT2D eigenvalue weighted by Crippen LogP contribution is 2.19. The fourth-order valence-corrected chi connectivity index (χ4v) is 0.969. The van der Waals surface area contributed by atoms with Crippen molar-refractivity contribution >= 4 is 6.29 Å². The zero-order valence-corrected chi connectivity index (χ0v) is 7.21. The summed E-state index contributed by atoms with van der Waals surface area (Å²) in [6.07, 6.45) is -2.82. The molecule has 76 valence electrons. The molecule has 0 aliphatic heterocycles. The highest BCUT2D eigenvalue weighted by molar-refractivity contribution is 5.76. The SMILES string of the molecule is COc1cc(=O)c(C=O)c(C(F)F)[nH]1. The molecule has 0 amide bonds. The first kappa shape index (κ1) is 10.4. The number of methoxy groups -OCH3 is 1. The summed E-state index contributed by atoms with van der Waals surface area (Å²) in [7, 11) is 1.22. The molecule has 0 aromatic carbocycles. The fraction of sp³-hybridized carbons (Fsp3) is 0.250. The van der Waals surface area contributed by atoms with E-state index in [2.05, 4.69) is 9.72 Å². The minimum atomic E-state index is -2.92. The fourth-order valence-electron chi connectivity index (χ4n) is 0.969. The van der Waals surface area contributed by atoms with Gasteiger partial charge in [-0.25, -0.2) is 8.78 Å². The van der Waals surface area contributed by atoms with E-state index in [4.69, 9.17) is 0 Å². The lowest BCUT2D eigenvalue weighted by molar-refractivity contribution is 0.110. The minimum absolute atomic E-state index is 0.0970. The lowest BCUT2D eigenvalue weighted by atomic mass is 10.2. The number of hydrogen-bond acceptors (Lipinski definition) is 3. The Bertz CT molecular complexity index is 400. The van der Waals surface area contributed by atoms with E-state index in [0.717, 1.165) is 6.07 Å². The summed E-state index contributed by atoms with van der Waals surface area (Å²) in [5.74, 6) is -0.101. The van der Waals surface area contributed by atoms with Crippen LogP contribution in [0.15, 0.2) is 10.9 Å². The van der Waals surface area contributed by atoms with Gasteiger partial charge in [-0.05, 0) is 0 Å². The molecule has 0 saturated carbocycles. The number of nitrogens with one attached hydrogen (secondary N) is 1. The maximum atomic E-state index is 12.3. The predicted octanol–water partition coefficient (Wildman–Crippen LogP) is 1.13. The zero-order chi connectivity index (χ0) is 10.7. The zero-order valence-electron chi connectivity index (χ0n) is 7.21. The van der Waals surface area contributed by atoms with Gasteiger partial charge < -0.3 is 9.72 Å². The van der Waals surface area contributed by atoms with Gasteiger partial charge in [-0.15, -0.1) is 0 Å². The lowest BCUT2D eigenvalue weighted by Gasteiger charge is -2.05. The van der Waals surface area contributed by atoms with Crippen LogP contribution in [0, 0.1) is 0 Å². The monoisotopic (exact) mass is 203 g/mol. The Morgan fingerprint density at radius 1 is 1.57 bits per heavy atom. The van der Waals surface area contributed by atoms with Crippen LogP contribution in [0.3, 0.4) is 0 Å². The van der Waals surface area contributed by atoms with Gasteiger partial charge in [-0.3, -0.25) is 9.59 Å². The number of carbonyl (C=O) groups is 1. The van der Waals surface area contributed by atoms with Crippen LogP contribution in [-0.2, 0) is 0 Å². The average molecular weight is 203 g/mol. The van der Waals surface area contributed by atoms with Gasteiger partial charge in [-0.2, -0.15) is 0 Å². The Balaban J connectivity index is 3.43. The van der Waals surface area contributed by atoms with E-state index >= 15 is 0 Å². The minimum Gasteiger partial charge on any atom is -0.482 e. The molecule has 0 saturated heterocycles. The van der Waals surface area contributed by atoms with Crippen LogP contribution in [0.25, 0.3) is 0 Å². The highest BCUT2D eigenvalue weighted by atomic mass is 19.3. The third-order valence-corrected chi connectivity index (χ3v) is 1.63. The standard InChI is InChI=1S/C8H7F2NO3/c1-14-6-2-5(13)4(3-12)7(11-6)8(9)10/h2-3,8H,1H3,(H,11,13). The summed E-state index contributed by atoms with van der Waals surface area (Å²) in [5.41, 5.74) is -2.07. The summed E-state index contributed by atoms with van der Waals surface area (Å²) < 4.78 is 29.2. The van der Waals surface area contributed by atoms with Gasteiger partial charge in [0.25, 0.3) is 6.43 Å². The second kappa shape index (κ2) is 3.99. The topological polar surface area (TPSA) is 59.2 Å². The predicted molar refractivity (Wildman–Crippen MR) is 44.0 cm³/mol. The molecule has 1 heterocycles. The van der Waals surface area contributed by atoms with E-state index < -0.39 is 23.1 Å². The Morgan fingerprint density at radius 3 is 2.64 bits per heavy atom. The molecule has 1 N–H and O–H groups in total. The third-order valence-electron chi connectivity index (χ3n) is 1.63. The number of aromatic nitrogens is 1. The molecule has 6 heteroatoms. The Kier molecular flexibility index (Phi) is 2.95. The van der Waals surface area contributed by atoms with Gasteiger partial charge in [-0.1, -0.05) is 0 Å². The van der Waals surface area contributed by atoms with Crippen molar-refractivity contribution in [2.24, 2.45) is 0 Å². The summed E-state index contributed by atoms with van der Waals surface area (Å²) in [5, 5.41) is 0. The molecule has 0 bridgehead atoms. The van der Waals surface area contributed by atoms with Crippen LogP contribution in [0.2, 0.25) is 0 Å². The molecule has 0 aliphatic rings. The molecule has 1 aromatic heterocycles. The number of hydrogen-bond donors (Lipinski definition) is 1. The van der Waals surface area contributed by atoms with Crippen molar-refractivity contribution in [2.75, 3.05) is 7.11 Å². The number of rotatable bonds is 3. The molecule has 0 atom stereocenters. The van der Waals surface area contributed by atoms with E-state index in [1.54, 1.807) is 0 Å². The van der Waals surface area contributed by atoms with Gasteiger partial charge in [0.05, 0.1) is 18.4 Å². The van der Waals surface area contributed by atoms with Gasteiger partial charge in [0.15, 0.2) is 17.6 Å². The summed E-state index contributed by atoms with van der Waals surface area (Å²) in [6.45, 7) is 0. The molecule has 0 radical (unpaired) electrons. The molecule has 0 spiro atoms. The second-order valence-corrected chi connectivity index (χ2v) is 2.45. The van der Waals surface area contributed by atoms with Crippen molar-refractivity contribution in [2.45, 2.75) is 6.43 Å². The smallest absolute Gasteiger partial charge is 0.279 e. The first-order chi connectivity index (χ1) is 6.60. The number of H-pyrrole nitrogens is 1. The molecule has 1 aromatic rings. The van der Waals surface area contributed by atoms with Crippen molar-refractivity contribution < 1.29 is 18.3 Å². The Labute approximate surface area is 77.5 Å². The van der Waals surface area contributed by atoms with Crippen LogP contribution in [0.5, 0.6) is 5.88 Å². The first-order valence-electron chi connectivity index (χ1n) is 3.64. The quantitative estimate of drug-likeness (QED) is 0.749. The van der Waals surface area contributed by atoms with E-state index in [9.17, 15) is 18.4 Å². The van der Waals surface area contributed by atoms with Crippen molar-refractivity contribution in [3.05, 3.63) is 27.5 Å². The van der Waals surface area contributed by atoms with E-state index in [1.807, 2.05) is 0 Å². The van der Waals surface area contributed by atoms with Gasteiger partial charge in [0.2, 0.25) is 0 Å². The molecule has 4 nitrogen and oxygen atoms in total. The Hall–Kier alpha value is -1.72. The average Bonchev–Trinajstić information content (AvgIpc) is 2.16. The van der Waals surface area contributed by atoms with Gasteiger partial charge >= 0.3 is 0 Å². The molecular formula is C8H7F2NO3. The van der Waals surface area contributed by atoms with Crippen molar-refractivity contribution in [3.63, 3.8) is 0 Å². The van der Waals surface area contributed by atoms with Crippen LogP contribution in [0.4, 0.5) is 8.78 Å². The van der Waals surface area contributed by atoms with Crippen molar-refractivity contribution in [1.29, 1.82) is 0 Å². The summed E-state index contributed by atoms with van der Waals surface area (Å²) in [4.78, 5) is 23.6. The van der Waals surface area contributed by atoms with Gasteiger partial charge in [0.1, 0.15) is 0 Å². The lowest BCUT2D eigenvalue weighted by Crippen LogP contribution is -2.14. The van der Waals surface area contributed by atoms with Crippen LogP contribution in [-0.4, -0.2) is 18.4 Å². The van der Waals surface area contributed by atoms with E-state index in [0.29, 0.717) is 0 Å². The maximum absolute atomic E-state index is 12.3. The second-order valence-electron chi connectivity index (χ2n) is 2.45. The molecule has 0 aliphatic carbocycles. The number of aromatic amines is 1. The van der Waals surface area contributed by atoms with Crippen molar-refractivity contribution in [1.82, 2.24) is 4.98 Å². The number of halogens is 2. The summed E-state index contributed by atoms with van der Waals surface area (Å²) >= 11 is 0. The third kappa shape index (κ3) is 1.78. The highest BCUT2D eigenvalue weighted by Gasteiger charge is 2.17. The number of alkyl halides is 2. The molecule has 0 fully saturated rings. The number of pyridine rings is 1. The van der Waals surface area contributed by atoms with Gasteiger partial charge in [0, 0.05) is 6.07 Å². The van der Waals surface area contributed by atoms with Crippen LogP contribution < -0.4 is 10.2 Å².